The van der Waals surface area contributed by atoms with Gasteiger partial charge in [0.25, 0.3) is 0 Å². The number of ether oxygens (including phenoxy) is 3. The van der Waals surface area contributed by atoms with Gasteiger partial charge in [-0.2, -0.15) is 0 Å². The molecule has 1 fully saturated rings. The summed E-state index contributed by atoms with van der Waals surface area (Å²) >= 11 is 0. The molecule has 19 heteroatoms. The largest absolute Gasteiger partial charge is 0.472 e. The molecule has 4 unspecified atom stereocenters. The van der Waals surface area contributed by atoms with Crippen molar-refractivity contribution in [2.24, 2.45) is 0 Å². The number of hydrogen-bond acceptors (Lipinski definition) is 14. The van der Waals surface area contributed by atoms with Crippen LogP contribution in [0.1, 0.15) is 168 Å². The summed E-state index contributed by atoms with van der Waals surface area (Å²) in [6.07, 6.45) is 9.51. The van der Waals surface area contributed by atoms with Gasteiger partial charge in [0.2, 0.25) is 0 Å². The highest BCUT2D eigenvalue weighted by Gasteiger charge is 2.54. The van der Waals surface area contributed by atoms with Crippen LogP contribution in [0.15, 0.2) is 0 Å². The van der Waals surface area contributed by atoms with E-state index >= 15 is 0 Å². The van der Waals surface area contributed by atoms with E-state index in [1.807, 2.05) is 6.92 Å². The van der Waals surface area contributed by atoms with Crippen LogP contribution in [-0.4, -0.2) is 116 Å². The molecule has 0 saturated heterocycles. The molecule has 7 N–H and O–H groups in total. The third kappa shape index (κ3) is 27.1. The fourth-order valence-corrected chi connectivity index (χ4v) is 8.25. The number of Topliss-reactive ketones (excluding diaryl/α,β-unsaturated/α-hetero) is 1. The Morgan fingerprint density at radius 3 is 1.53 bits per heavy atom. The van der Waals surface area contributed by atoms with Crippen molar-refractivity contribution in [3.05, 3.63) is 0 Å². The molecular formula is C39H76O17P2. The molecule has 1 rings (SSSR count). The number of esters is 1. The van der Waals surface area contributed by atoms with Gasteiger partial charge in [0, 0.05) is 25.9 Å². The lowest BCUT2D eigenvalue weighted by Crippen LogP contribution is -2.64. The fourth-order valence-electron chi connectivity index (χ4n) is 6.71. The Labute approximate surface area is 345 Å². The van der Waals surface area contributed by atoms with Gasteiger partial charge in [-0.25, -0.2) is 9.13 Å². The molecule has 8 atom stereocenters. The zero-order valence-electron chi connectivity index (χ0n) is 34.9. The molecule has 0 amide bonds. The molecule has 17 nitrogen and oxygen atoms in total. The first-order valence-electron chi connectivity index (χ1n) is 21.6. The summed E-state index contributed by atoms with van der Waals surface area (Å²) in [5, 5.41) is 41.1. The van der Waals surface area contributed by atoms with Crippen LogP contribution in [0.2, 0.25) is 0 Å². The molecular weight excluding hydrogens is 802 g/mol. The quantitative estimate of drug-likeness (QED) is 0.0155. The molecule has 0 aromatic carbocycles. The van der Waals surface area contributed by atoms with Gasteiger partial charge < -0.3 is 49.3 Å². The standard InChI is InChI=1S/C39H76O17P2/c1-3-5-6-7-8-9-10-11-12-13-16-19-22-26-33(41)54-32(28-52-30-51-27-23-20-17-14-15-18-21-25-31(40)24-4-2)29-53-58(49,50)56-39-36(44)34(42)35(43)38(37(39)45)55-57(46,47)48/h32,34-39,42-45H,3-30H2,1-2H3,(H,49,50)(H2,46,47,48)/t32-,34-,35?,36?,37+,38+,39?/m1/s1. The maximum Gasteiger partial charge on any atom is 0.472 e. The van der Waals surface area contributed by atoms with E-state index in [1.54, 1.807) is 0 Å². The lowest BCUT2D eigenvalue weighted by atomic mass is 9.85. The number of rotatable bonds is 38. The number of carbonyl (C=O) groups is 2. The SMILES string of the molecule is CCCCCCCCCCCCCCCC(=O)O[C@H](COCOCCCCCCCCCC(=O)CCC)COP(=O)(O)OC1C(O)[C@H](O)C(O)[C@H](OP(=O)(O)O)[C@@H]1O. The minimum Gasteiger partial charge on any atom is -0.457 e. The van der Waals surface area contributed by atoms with E-state index in [-0.39, 0.29) is 19.8 Å². The van der Waals surface area contributed by atoms with Crippen LogP contribution in [0.4, 0.5) is 0 Å². The zero-order valence-corrected chi connectivity index (χ0v) is 36.7. The smallest absolute Gasteiger partial charge is 0.457 e. The van der Waals surface area contributed by atoms with Crippen molar-refractivity contribution in [1.82, 2.24) is 0 Å². The van der Waals surface area contributed by atoms with Crippen LogP contribution >= 0.6 is 15.6 Å². The molecule has 1 aliphatic rings. The number of phosphoric ester groups is 2. The second kappa shape index (κ2) is 32.8. The minimum atomic E-state index is -5.34. The van der Waals surface area contributed by atoms with E-state index in [1.165, 1.54) is 51.4 Å². The molecule has 0 heterocycles. The number of ketones is 1. The molecule has 0 bridgehead atoms. The number of carbonyl (C=O) groups excluding carboxylic acids is 2. The van der Waals surface area contributed by atoms with Crippen LogP contribution in [0, 0.1) is 0 Å². The highest BCUT2D eigenvalue weighted by molar-refractivity contribution is 7.47. The van der Waals surface area contributed by atoms with Crippen molar-refractivity contribution in [2.75, 3.05) is 26.6 Å². The Morgan fingerprint density at radius 1 is 0.534 bits per heavy atom. The van der Waals surface area contributed by atoms with E-state index in [9.17, 15) is 44.0 Å². The van der Waals surface area contributed by atoms with Gasteiger partial charge in [-0.3, -0.25) is 23.2 Å². The second-order valence-electron chi connectivity index (χ2n) is 15.4. The highest BCUT2D eigenvalue weighted by atomic mass is 31.2. The number of aliphatic hydroxyl groups is 4. The van der Waals surface area contributed by atoms with Gasteiger partial charge in [0.05, 0.1) is 13.2 Å². The molecule has 0 aromatic heterocycles. The fraction of sp³-hybridized carbons (Fsp3) is 0.949. The summed E-state index contributed by atoms with van der Waals surface area (Å²) < 4.78 is 55.0. The van der Waals surface area contributed by atoms with Crippen molar-refractivity contribution in [3.63, 3.8) is 0 Å². The number of aliphatic hydroxyl groups excluding tert-OH is 4. The van der Waals surface area contributed by atoms with Gasteiger partial charge in [-0.15, -0.1) is 0 Å². The zero-order chi connectivity index (χ0) is 43.2. The Balaban J connectivity index is 2.57. The molecule has 58 heavy (non-hydrogen) atoms. The Kier molecular flexibility index (Phi) is 31.2. The van der Waals surface area contributed by atoms with E-state index < -0.39 is 70.9 Å². The molecule has 344 valence electrons. The number of phosphoric acid groups is 2. The van der Waals surface area contributed by atoms with E-state index in [0.717, 1.165) is 77.0 Å². The monoisotopic (exact) mass is 878 g/mol. The first-order valence-corrected chi connectivity index (χ1v) is 24.6. The number of unbranched alkanes of at least 4 members (excludes halogenated alkanes) is 18. The van der Waals surface area contributed by atoms with Gasteiger partial charge in [0.15, 0.2) is 0 Å². The van der Waals surface area contributed by atoms with Crippen LogP contribution < -0.4 is 0 Å². The van der Waals surface area contributed by atoms with Crippen molar-refractivity contribution in [2.45, 2.75) is 211 Å². The molecule has 1 aliphatic carbocycles. The average molecular weight is 879 g/mol. The summed E-state index contributed by atoms with van der Waals surface area (Å²) in [4.78, 5) is 53.1. The summed E-state index contributed by atoms with van der Waals surface area (Å²) in [6, 6.07) is 0. The minimum absolute atomic E-state index is 0.0939. The van der Waals surface area contributed by atoms with Crippen molar-refractivity contribution in [3.8, 4) is 0 Å². The molecule has 0 aliphatic heterocycles. The predicted molar refractivity (Wildman–Crippen MR) is 215 cm³/mol. The Bertz CT molecular complexity index is 1160. The summed E-state index contributed by atoms with van der Waals surface area (Å²) in [5.74, 6) is -0.254. The van der Waals surface area contributed by atoms with E-state index in [4.69, 9.17) is 33.0 Å². The third-order valence-electron chi connectivity index (χ3n) is 10.0. The van der Waals surface area contributed by atoms with Crippen LogP contribution in [0.3, 0.4) is 0 Å². The molecule has 0 radical (unpaired) electrons. The van der Waals surface area contributed by atoms with E-state index in [2.05, 4.69) is 11.4 Å². The molecule has 1 saturated carbocycles. The number of hydrogen-bond donors (Lipinski definition) is 7. The summed E-state index contributed by atoms with van der Waals surface area (Å²) in [5.41, 5.74) is 0. The first kappa shape index (κ1) is 55.1. The maximum atomic E-state index is 12.9. The lowest BCUT2D eigenvalue weighted by Gasteiger charge is -2.43. The van der Waals surface area contributed by atoms with Gasteiger partial charge in [0.1, 0.15) is 55.3 Å². The van der Waals surface area contributed by atoms with Crippen molar-refractivity contribution < 1.29 is 81.6 Å². The summed E-state index contributed by atoms with van der Waals surface area (Å²) in [6.45, 7) is 3.45. The summed E-state index contributed by atoms with van der Waals surface area (Å²) in [7, 11) is -10.6. The maximum absolute atomic E-state index is 12.9. The lowest BCUT2D eigenvalue weighted by molar-refractivity contribution is -0.216. The highest BCUT2D eigenvalue weighted by Crippen LogP contribution is 2.49. The molecule has 0 spiro atoms. The third-order valence-corrected chi connectivity index (χ3v) is 11.5. The van der Waals surface area contributed by atoms with Crippen molar-refractivity contribution >= 4 is 27.4 Å². The Hall–Kier alpha value is -0.880. The Morgan fingerprint density at radius 2 is 1.02 bits per heavy atom. The van der Waals surface area contributed by atoms with Crippen LogP contribution in [0.5, 0.6) is 0 Å². The van der Waals surface area contributed by atoms with Gasteiger partial charge in [-0.1, -0.05) is 123 Å². The van der Waals surface area contributed by atoms with Crippen molar-refractivity contribution in [1.29, 1.82) is 0 Å². The van der Waals surface area contributed by atoms with Crippen LogP contribution in [-0.2, 0) is 46.5 Å². The topological polar surface area (TPSA) is 265 Å². The van der Waals surface area contributed by atoms with E-state index in [0.29, 0.717) is 31.7 Å². The molecule has 0 aromatic rings. The van der Waals surface area contributed by atoms with Gasteiger partial charge >= 0.3 is 21.6 Å². The predicted octanol–water partition coefficient (Wildman–Crippen LogP) is 6.30. The van der Waals surface area contributed by atoms with Crippen LogP contribution in [0.25, 0.3) is 0 Å². The average Bonchev–Trinajstić information content (AvgIpc) is 3.16. The first-order chi connectivity index (χ1) is 27.6. The normalized spacial score (nSPS) is 22.8. The van der Waals surface area contributed by atoms with Gasteiger partial charge in [-0.05, 0) is 25.7 Å². The second-order valence-corrected chi connectivity index (χ2v) is 18.0.